The number of carbonyl (C=O) groups is 1. The fourth-order valence-electron chi connectivity index (χ4n) is 1.37. The Labute approximate surface area is 102 Å². The zero-order chi connectivity index (χ0) is 13.8. The van der Waals surface area contributed by atoms with E-state index < -0.39 is 23.8 Å². The number of carbonyl (C=O) groups excluding carboxylic acids is 1. The van der Waals surface area contributed by atoms with Gasteiger partial charge in [-0.1, -0.05) is 12.1 Å². The molecule has 4 N–H and O–H groups in total. The summed E-state index contributed by atoms with van der Waals surface area (Å²) in [5, 5.41) is 12.2. The van der Waals surface area contributed by atoms with E-state index in [1.165, 1.54) is 12.1 Å². The molecule has 100 valence electrons. The van der Waals surface area contributed by atoms with Crippen molar-refractivity contribution in [3.63, 3.8) is 0 Å². The van der Waals surface area contributed by atoms with Crippen molar-refractivity contribution in [3.8, 4) is 0 Å². The summed E-state index contributed by atoms with van der Waals surface area (Å²) in [6.45, 7) is -0.194. The van der Waals surface area contributed by atoms with Crippen molar-refractivity contribution < 1.29 is 23.1 Å². The molecule has 1 atom stereocenters. The first-order chi connectivity index (χ1) is 8.30. The molecule has 0 radical (unpaired) electrons. The molecule has 18 heavy (non-hydrogen) atoms. The van der Waals surface area contributed by atoms with E-state index in [9.17, 15) is 23.1 Å². The van der Waals surface area contributed by atoms with Crippen LogP contribution in [-0.2, 0) is 11.0 Å². The minimum absolute atomic E-state index is 0.0513. The van der Waals surface area contributed by atoms with E-state index in [4.69, 9.17) is 5.73 Å². The van der Waals surface area contributed by atoms with Crippen LogP contribution >= 0.6 is 0 Å². The van der Waals surface area contributed by atoms with Gasteiger partial charge in [0.25, 0.3) is 0 Å². The van der Waals surface area contributed by atoms with E-state index in [0.717, 1.165) is 12.1 Å². The van der Waals surface area contributed by atoms with Crippen molar-refractivity contribution in [1.82, 2.24) is 5.32 Å². The van der Waals surface area contributed by atoms with Crippen molar-refractivity contribution in [3.05, 3.63) is 35.4 Å². The molecule has 0 saturated heterocycles. The summed E-state index contributed by atoms with van der Waals surface area (Å²) in [7, 11) is 0. The maximum Gasteiger partial charge on any atom is 0.416 e. The van der Waals surface area contributed by atoms with Gasteiger partial charge in [0.05, 0.1) is 18.2 Å². The molecule has 0 aliphatic rings. The highest BCUT2D eigenvalue weighted by molar-refractivity contribution is 5.75. The third kappa shape index (κ3) is 4.34. The highest BCUT2D eigenvalue weighted by Crippen LogP contribution is 2.30. The summed E-state index contributed by atoms with van der Waals surface area (Å²) in [6.07, 6.45) is -5.58. The van der Waals surface area contributed by atoms with Gasteiger partial charge in [-0.25, -0.2) is 0 Å². The van der Waals surface area contributed by atoms with E-state index in [2.05, 4.69) is 5.32 Å². The zero-order valence-electron chi connectivity index (χ0n) is 9.37. The van der Waals surface area contributed by atoms with Gasteiger partial charge in [0, 0.05) is 6.54 Å². The third-order valence-electron chi connectivity index (χ3n) is 2.24. The van der Waals surface area contributed by atoms with Gasteiger partial charge in [0.1, 0.15) is 0 Å². The lowest BCUT2D eigenvalue weighted by Gasteiger charge is -2.14. The monoisotopic (exact) mass is 262 g/mol. The molecule has 0 heterocycles. The first-order valence-electron chi connectivity index (χ1n) is 5.15. The van der Waals surface area contributed by atoms with Crippen LogP contribution in [0.2, 0.25) is 0 Å². The molecular weight excluding hydrogens is 249 g/mol. The number of benzene rings is 1. The van der Waals surface area contributed by atoms with Crippen LogP contribution in [0.3, 0.4) is 0 Å². The van der Waals surface area contributed by atoms with Gasteiger partial charge in [-0.3, -0.25) is 4.79 Å². The molecule has 1 amide bonds. The summed E-state index contributed by atoms with van der Waals surface area (Å²) in [4.78, 5) is 10.4. The molecule has 0 aliphatic carbocycles. The Hall–Kier alpha value is -1.60. The molecule has 0 fully saturated rings. The smallest absolute Gasteiger partial charge is 0.387 e. The maximum absolute atomic E-state index is 12.4. The SMILES string of the molecule is NC(=O)CNCC(O)c1cccc(C(F)(F)F)c1. The number of amides is 1. The maximum atomic E-state index is 12.4. The summed E-state index contributed by atoms with van der Waals surface area (Å²) < 4.78 is 37.3. The number of aliphatic hydroxyl groups excluding tert-OH is 1. The molecule has 0 aromatic heterocycles. The van der Waals surface area contributed by atoms with E-state index in [1.54, 1.807) is 0 Å². The Morgan fingerprint density at radius 3 is 2.67 bits per heavy atom. The van der Waals surface area contributed by atoms with Gasteiger partial charge in [-0.15, -0.1) is 0 Å². The molecule has 0 aliphatic heterocycles. The summed E-state index contributed by atoms with van der Waals surface area (Å²) >= 11 is 0. The minimum Gasteiger partial charge on any atom is -0.387 e. The lowest BCUT2D eigenvalue weighted by atomic mass is 10.1. The summed E-state index contributed by atoms with van der Waals surface area (Å²) in [5.41, 5.74) is 4.17. The number of halogens is 3. The molecule has 1 rings (SSSR count). The van der Waals surface area contributed by atoms with Gasteiger partial charge in [-0.2, -0.15) is 13.2 Å². The quantitative estimate of drug-likeness (QED) is 0.735. The van der Waals surface area contributed by atoms with Crippen LogP contribution in [0, 0.1) is 0 Å². The van der Waals surface area contributed by atoms with Crippen molar-refractivity contribution in [2.45, 2.75) is 12.3 Å². The Balaban J connectivity index is 2.68. The topological polar surface area (TPSA) is 75.4 Å². The van der Waals surface area contributed by atoms with Crippen LogP contribution in [-0.4, -0.2) is 24.1 Å². The molecular formula is C11H13F3N2O2. The van der Waals surface area contributed by atoms with E-state index in [1.807, 2.05) is 0 Å². The number of aliphatic hydroxyl groups is 1. The number of rotatable bonds is 5. The van der Waals surface area contributed by atoms with E-state index in [0.29, 0.717) is 0 Å². The number of hydrogen-bond acceptors (Lipinski definition) is 3. The second-order valence-corrected chi connectivity index (χ2v) is 3.74. The second kappa shape index (κ2) is 5.83. The molecule has 7 heteroatoms. The largest absolute Gasteiger partial charge is 0.416 e. The Bertz CT molecular complexity index is 421. The lowest BCUT2D eigenvalue weighted by Crippen LogP contribution is -2.31. The van der Waals surface area contributed by atoms with Crippen molar-refractivity contribution in [1.29, 1.82) is 0 Å². The average molecular weight is 262 g/mol. The second-order valence-electron chi connectivity index (χ2n) is 3.74. The van der Waals surface area contributed by atoms with Gasteiger partial charge in [-0.05, 0) is 17.7 Å². The Morgan fingerprint density at radius 1 is 1.44 bits per heavy atom. The van der Waals surface area contributed by atoms with Gasteiger partial charge in [0.15, 0.2) is 0 Å². The molecule has 1 aromatic rings. The number of hydrogen-bond donors (Lipinski definition) is 3. The van der Waals surface area contributed by atoms with Crippen LogP contribution in [0.25, 0.3) is 0 Å². The number of nitrogens with one attached hydrogen (secondary N) is 1. The van der Waals surface area contributed by atoms with Gasteiger partial charge in [0.2, 0.25) is 5.91 Å². The molecule has 1 aromatic carbocycles. The summed E-state index contributed by atoms with van der Waals surface area (Å²) in [6, 6.07) is 4.39. The first kappa shape index (κ1) is 14.5. The standard InChI is InChI=1S/C11H13F3N2O2/c12-11(13,14)8-3-1-2-7(4-8)9(17)5-16-6-10(15)18/h1-4,9,16-17H,5-6H2,(H2,15,18). The molecule has 0 bridgehead atoms. The minimum atomic E-state index is -4.45. The molecule has 1 unspecified atom stereocenters. The fraction of sp³-hybridized carbons (Fsp3) is 0.364. The first-order valence-corrected chi connectivity index (χ1v) is 5.15. The van der Waals surface area contributed by atoms with E-state index >= 15 is 0 Å². The molecule has 0 saturated carbocycles. The highest BCUT2D eigenvalue weighted by atomic mass is 19.4. The van der Waals surface area contributed by atoms with Crippen LogP contribution < -0.4 is 11.1 Å². The molecule has 4 nitrogen and oxygen atoms in total. The normalized spacial score (nSPS) is 13.3. The van der Waals surface area contributed by atoms with Crippen molar-refractivity contribution >= 4 is 5.91 Å². The van der Waals surface area contributed by atoms with Gasteiger partial charge >= 0.3 is 6.18 Å². The highest BCUT2D eigenvalue weighted by Gasteiger charge is 2.30. The van der Waals surface area contributed by atoms with Crippen LogP contribution in [0.5, 0.6) is 0 Å². The van der Waals surface area contributed by atoms with Crippen LogP contribution in [0.15, 0.2) is 24.3 Å². The van der Waals surface area contributed by atoms with Crippen molar-refractivity contribution in [2.75, 3.05) is 13.1 Å². The van der Waals surface area contributed by atoms with Crippen LogP contribution in [0.4, 0.5) is 13.2 Å². The number of alkyl halides is 3. The predicted molar refractivity (Wildman–Crippen MR) is 58.5 cm³/mol. The fourth-order valence-corrected chi connectivity index (χ4v) is 1.37. The number of primary amides is 1. The third-order valence-corrected chi connectivity index (χ3v) is 2.24. The average Bonchev–Trinajstić information content (AvgIpc) is 2.27. The Kier molecular flexibility index (Phi) is 4.69. The summed E-state index contributed by atoms with van der Waals surface area (Å²) in [5.74, 6) is -0.605. The molecule has 0 spiro atoms. The van der Waals surface area contributed by atoms with Gasteiger partial charge < -0.3 is 16.2 Å². The van der Waals surface area contributed by atoms with Crippen LogP contribution in [0.1, 0.15) is 17.2 Å². The predicted octanol–water partition coefficient (Wildman–Crippen LogP) is 0.814. The Morgan fingerprint density at radius 2 is 2.11 bits per heavy atom. The lowest BCUT2D eigenvalue weighted by molar-refractivity contribution is -0.137. The van der Waals surface area contributed by atoms with E-state index in [-0.39, 0.29) is 18.7 Å². The van der Waals surface area contributed by atoms with Crippen molar-refractivity contribution in [2.24, 2.45) is 5.73 Å². The zero-order valence-corrected chi connectivity index (χ0v) is 9.37. The number of nitrogens with two attached hydrogens (primary N) is 1.